The van der Waals surface area contributed by atoms with Gasteiger partial charge in [-0.2, -0.15) is 0 Å². The van der Waals surface area contributed by atoms with Crippen molar-refractivity contribution in [1.82, 2.24) is 15.1 Å². The van der Waals surface area contributed by atoms with E-state index in [0.29, 0.717) is 67.4 Å². The molecule has 2 saturated heterocycles. The summed E-state index contributed by atoms with van der Waals surface area (Å²) in [4.78, 5) is 45.5. The van der Waals surface area contributed by atoms with Gasteiger partial charge in [0.1, 0.15) is 5.75 Å². The first-order chi connectivity index (χ1) is 19.5. The molecule has 2 fully saturated rings. The molecule has 0 aromatic heterocycles. The van der Waals surface area contributed by atoms with Crippen LogP contribution >= 0.6 is 0 Å². The van der Waals surface area contributed by atoms with Crippen LogP contribution in [0.5, 0.6) is 5.75 Å². The molecule has 0 bridgehead atoms. The van der Waals surface area contributed by atoms with Crippen LogP contribution < -0.4 is 20.3 Å². The maximum absolute atomic E-state index is 13.4. The van der Waals surface area contributed by atoms with Crippen molar-refractivity contribution in [3.05, 3.63) is 89.5 Å². The second-order valence-electron chi connectivity index (χ2n) is 9.96. The van der Waals surface area contributed by atoms with Crippen molar-refractivity contribution in [3.8, 4) is 5.75 Å². The van der Waals surface area contributed by atoms with E-state index in [2.05, 4.69) is 15.5 Å². The second-order valence-corrected chi connectivity index (χ2v) is 9.96. The van der Waals surface area contributed by atoms with Crippen molar-refractivity contribution >= 4 is 29.1 Å². The lowest BCUT2D eigenvalue weighted by atomic mass is 10.1. The Kier molecular flexibility index (Phi) is 8.61. The van der Waals surface area contributed by atoms with E-state index < -0.39 is 0 Å². The standard InChI is InChI=1S/C31H35N5O4/c1-40-26-10-5-9-24(21-26)29(37)33-27-22-25(31(39)35-15-6-13-32-14-16-35)11-12-28(27)34-17-19-36(20-18-34)30(38)23-7-3-2-4-8-23/h2-5,7-12,21-22,32H,6,13-20H2,1H3,(H,33,37). The third kappa shape index (κ3) is 6.26. The maximum Gasteiger partial charge on any atom is 0.255 e. The van der Waals surface area contributed by atoms with Gasteiger partial charge in [-0.1, -0.05) is 24.3 Å². The van der Waals surface area contributed by atoms with E-state index in [9.17, 15) is 14.4 Å². The molecule has 2 aliphatic heterocycles. The number of amides is 3. The molecule has 208 valence electrons. The molecule has 0 spiro atoms. The van der Waals surface area contributed by atoms with Gasteiger partial charge >= 0.3 is 0 Å². The van der Waals surface area contributed by atoms with Crippen LogP contribution in [0, 0.1) is 0 Å². The summed E-state index contributed by atoms with van der Waals surface area (Å²) in [5.74, 6) is 0.262. The highest BCUT2D eigenvalue weighted by Crippen LogP contribution is 2.30. The third-order valence-electron chi connectivity index (χ3n) is 7.38. The fourth-order valence-corrected chi connectivity index (χ4v) is 5.15. The summed E-state index contributed by atoms with van der Waals surface area (Å²) < 4.78 is 5.29. The highest BCUT2D eigenvalue weighted by Gasteiger charge is 2.25. The predicted octanol–water partition coefficient (Wildman–Crippen LogP) is 3.35. The SMILES string of the molecule is COc1cccc(C(=O)Nc2cc(C(=O)N3CCCNCC3)ccc2N2CCN(C(=O)c3ccccc3)CC2)c1. The van der Waals surface area contributed by atoms with Gasteiger partial charge in [-0.3, -0.25) is 14.4 Å². The molecule has 2 heterocycles. The number of hydrogen-bond donors (Lipinski definition) is 2. The van der Waals surface area contributed by atoms with Gasteiger partial charge in [-0.25, -0.2) is 0 Å². The molecule has 0 unspecified atom stereocenters. The first-order valence-electron chi connectivity index (χ1n) is 13.7. The van der Waals surface area contributed by atoms with E-state index in [0.717, 1.165) is 25.2 Å². The minimum absolute atomic E-state index is 0.0136. The zero-order chi connectivity index (χ0) is 27.9. The lowest BCUT2D eigenvalue weighted by molar-refractivity contribution is 0.0743. The third-order valence-corrected chi connectivity index (χ3v) is 7.38. The lowest BCUT2D eigenvalue weighted by Gasteiger charge is -2.37. The van der Waals surface area contributed by atoms with Crippen molar-refractivity contribution in [2.75, 3.05) is 69.7 Å². The monoisotopic (exact) mass is 541 g/mol. The van der Waals surface area contributed by atoms with Crippen molar-refractivity contribution in [2.24, 2.45) is 0 Å². The molecule has 0 atom stereocenters. The van der Waals surface area contributed by atoms with Gasteiger partial charge in [0.2, 0.25) is 0 Å². The van der Waals surface area contributed by atoms with Crippen molar-refractivity contribution in [3.63, 3.8) is 0 Å². The topological polar surface area (TPSA) is 94.2 Å². The van der Waals surface area contributed by atoms with Crippen LogP contribution in [0.1, 0.15) is 37.5 Å². The molecule has 40 heavy (non-hydrogen) atoms. The number of ether oxygens (including phenoxy) is 1. The van der Waals surface area contributed by atoms with Gasteiger partial charge in [0.05, 0.1) is 18.5 Å². The molecule has 5 rings (SSSR count). The Balaban J connectivity index is 1.38. The molecule has 0 radical (unpaired) electrons. The Labute approximate surface area is 234 Å². The lowest BCUT2D eigenvalue weighted by Crippen LogP contribution is -2.49. The summed E-state index contributed by atoms with van der Waals surface area (Å²) in [6.45, 7) is 5.30. The van der Waals surface area contributed by atoms with E-state index in [-0.39, 0.29) is 17.7 Å². The van der Waals surface area contributed by atoms with Gasteiger partial charge in [-0.15, -0.1) is 0 Å². The number of benzene rings is 3. The highest BCUT2D eigenvalue weighted by molar-refractivity contribution is 6.07. The Hall–Kier alpha value is -4.37. The van der Waals surface area contributed by atoms with Crippen molar-refractivity contribution in [1.29, 1.82) is 0 Å². The fraction of sp³-hybridized carbons (Fsp3) is 0.323. The van der Waals surface area contributed by atoms with Gasteiger partial charge in [-0.05, 0) is 61.5 Å². The quantitative estimate of drug-likeness (QED) is 0.497. The van der Waals surface area contributed by atoms with E-state index in [1.807, 2.05) is 52.3 Å². The van der Waals surface area contributed by atoms with Crippen molar-refractivity contribution < 1.29 is 19.1 Å². The van der Waals surface area contributed by atoms with E-state index >= 15 is 0 Å². The molecule has 3 aromatic rings. The number of carbonyl (C=O) groups is 3. The summed E-state index contributed by atoms with van der Waals surface area (Å²) in [7, 11) is 1.56. The highest BCUT2D eigenvalue weighted by atomic mass is 16.5. The van der Waals surface area contributed by atoms with Crippen LogP contribution in [0.3, 0.4) is 0 Å². The first-order valence-corrected chi connectivity index (χ1v) is 13.7. The van der Waals surface area contributed by atoms with Crippen molar-refractivity contribution in [2.45, 2.75) is 6.42 Å². The number of methoxy groups -OCH3 is 1. The van der Waals surface area contributed by atoms with Crippen LogP contribution in [-0.4, -0.2) is 87.0 Å². The molecule has 9 nitrogen and oxygen atoms in total. The number of anilines is 2. The molecule has 3 aromatic carbocycles. The van der Waals surface area contributed by atoms with E-state index in [1.54, 1.807) is 37.4 Å². The number of nitrogens with one attached hydrogen (secondary N) is 2. The molecular weight excluding hydrogens is 506 g/mol. The molecule has 3 amide bonds. The number of nitrogens with zero attached hydrogens (tertiary/aromatic N) is 3. The normalized spacial score (nSPS) is 15.8. The van der Waals surface area contributed by atoms with Gasteiger partial charge in [0.15, 0.2) is 0 Å². The van der Waals surface area contributed by atoms with Crippen LogP contribution in [0.25, 0.3) is 0 Å². The maximum atomic E-state index is 13.4. The fourth-order valence-electron chi connectivity index (χ4n) is 5.15. The molecule has 2 aliphatic rings. The van der Waals surface area contributed by atoms with Crippen LogP contribution in [0.4, 0.5) is 11.4 Å². The summed E-state index contributed by atoms with van der Waals surface area (Å²) in [6.07, 6.45) is 0.898. The Bertz CT molecular complexity index is 1350. The average molecular weight is 542 g/mol. The first kappa shape index (κ1) is 27.2. The molecule has 0 aliphatic carbocycles. The van der Waals surface area contributed by atoms with Gasteiger partial charge in [0.25, 0.3) is 17.7 Å². The second kappa shape index (κ2) is 12.7. The minimum atomic E-state index is -0.290. The number of carbonyl (C=O) groups excluding carboxylic acids is 3. The summed E-state index contributed by atoms with van der Waals surface area (Å²) in [5.41, 5.74) is 3.05. The molecule has 0 saturated carbocycles. The smallest absolute Gasteiger partial charge is 0.255 e. The zero-order valence-corrected chi connectivity index (χ0v) is 22.8. The van der Waals surface area contributed by atoms with Crippen LogP contribution in [0.15, 0.2) is 72.8 Å². The molecular formula is C31H35N5O4. The van der Waals surface area contributed by atoms with Crippen LogP contribution in [-0.2, 0) is 0 Å². The average Bonchev–Trinajstić information content (AvgIpc) is 3.31. The molecule has 9 heteroatoms. The Morgan fingerprint density at radius 1 is 0.725 bits per heavy atom. The Morgan fingerprint density at radius 3 is 2.23 bits per heavy atom. The minimum Gasteiger partial charge on any atom is -0.497 e. The van der Waals surface area contributed by atoms with Gasteiger partial charge in [0, 0.05) is 62.5 Å². The molecule has 2 N–H and O–H groups in total. The number of rotatable bonds is 6. The summed E-state index contributed by atoms with van der Waals surface area (Å²) >= 11 is 0. The largest absolute Gasteiger partial charge is 0.497 e. The summed E-state index contributed by atoms with van der Waals surface area (Å²) in [6, 6.07) is 21.8. The summed E-state index contributed by atoms with van der Waals surface area (Å²) in [5, 5.41) is 6.37. The number of piperazine rings is 1. The van der Waals surface area contributed by atoms with Crippen LogP contribution in [0.2, 0.25) is 0 Å². The number of hydrogen-bond acceptors (Lipinski definition) is 6. The van der Waals surface area contributed by atoms with Gasteiger partial charge < -0.3 is 30.1 Å². The predicted molar refractivity (Wildman–Crippen MR) is 155 cm³/mol. The van der Waals surface area contributed by atoms with E-state index in [1.165, 1.54) is 0 Å². The zero-order valence-electron chi connectivity index (χ0n) is 22.8. The van der Waals surface area contributed by atoms with E-state index in [4.69, 9.17) is 4.74 Å². The Morgan fingerprint density at radius 2 is 1.45 bits per heavy atom.